The van der Waals surface area contributed by atoms with Crippen molar-refractivity contribution in [2.24, 2.45) is 5.73 Å². The Labute approximate surface area is 162 Å². The number of rotatable bonds is 5. The number of benzene rings is 2. The monoisotopic (exact) mass is 420 g/mol. The van der Waals surface area contributed by atoms with Crippen molar-refractivity contribution in [1.82, 2.24) is 0 Å². The molecule has 0 amide bonds. The molecule has 0 radical (unpaired) electrons. The van der Waals surface area contributed by atoms with E-state index < -0.39 is 40.5 Å². The van der Waals surface area contributed by atoms with Gasteiger partial charge in [0.15, 0.2) is 5.78 Å². The summed E-state index contributed by atoms with van der Waals surface area (Å²) in [5.41, 5.74) is 9.71. The van der Waals surface area contributed by atoms with Gasteiger partial charge in [-0.3, -0.25) is 4.79 Å². The van der Waals surface area contributed by atoms with E-state index in [9.17, 15) is 19.4 Å². The topological polar surface area (TPSA) is 170 Å². The van der Waals surface area contributed by atoms with E-state index >= 15 is 0 Å². The number of anilines is 1. The van der Waals surface area contributed by atoms with Gasteiger partial charge in [-0.2, -0.15) is 0 Å². The maximum atomic E-state index is 14.9. The summed E-state index contributed by atoms with van der Waals surface area (Å²) in [6, 6.07) is 3.44. The van der Waals surface area contributed by atoms with Gasteiger partial charge in [-0.15, -0.1) is 0 Å². The van der Waals surface area contributed by atoms with Crippen molar-refractivity contribution in [1.29, 1.82) is 0 Å². The van der Waals surface area contributed by atoms with Crippen molar-refractivity contribution in [3.8, 4) is 0 Å². The third kappa shape index (κ3) is 3.91. The predicted octanol–water partition coefficient (Wildman–Crippen LogP) is 0.257. The van der Waals surface area contributed by atoms with Crippen molar-refractivity contribution in [3.05, 3.63) is 62.9 Å². The first-order valence-corrected chi connectivity index (χ1v) is 7.99. The van der Waals surface area contributed by atoms with E-state index in [2.05, 4.69) is 0 Å². The Morgan fingerprint density at radius 3 is 2.15 bits per heavy atom. The van der Waals surface area contributed by atoms with Gasteiger partial charge in [0.2, 0.25) is 0 Å². The highest BCUT2D eigenvalue weighted by atomic mass is 35.5. The normalized spacial score (nSPS) is 13.5. The lowest BCUT2D eigenvalue weighted by Gasteiger charge is -2.35. The summed E-state index contributed by atoms with van der Waals surface area (Å²) in [4.78, 5) is 12.6. The summed E-state index contributed by atoms with van der Waals surface area (Å²) in [6.45, 7) is 0. The fourth-order valence-electron chi connectivity index (χ4n) is 2.26. The van der Waals surface area contributed by atoms with Crippen molar-refractivity contribution in [3.63, 3.8) is 0 Å². The number of ketones is 1. The van der Waals surface area contributed by atoms with E-state index in [-0.39, 0.29) is 21.3 Å². The van der Waals surface area contributed by atoms with E-state index in [1.165, 1.54) is 18.2 Å². The maximum absolute atomic E-state index is 14.9. The number of carbonyl (C=O) groups excluding carboxylic acids is 1. The van der Waals surface area contributed by atoms with Gasteiger partial charge in [-0.25, -0.2) is 4.39 Å². The molecule has 0 aliphatic carbocycles. The van der Waals surface area contributed by atoms with Gasteiger partial charge >= 0.3 is 5.97 Å². The lowest BCUT2D eigenvalue weighted by molar-refractivity contribution is -0.452. The average molecular weight is 421 g/mol. The third-order valence-corrected chi connectivity index (χ3v) is 4.52. The van der Waals surface area contributed by atoms with E-state index in [4.69, 9.17) is 50.0 Å². The van der Waals surface area contributed by atoms with Crippen LogP contribution in [0.15, 0.2) is 30.3 Å². The van der Waals surface area contributed by atoms with Crippen LogP contribution >= 0.6 is 23.2 Å². The Bertz CT molecular complexity index is 901. The summed E-state index contributed by atoms with van der Waals surface area (Å²) in [5.74, 6) is -10.1. The molecule has 0 fully saturated rings. The molecule has 0 heterocycles. The highest BCUT2D eigenvalue weighted by Gasteiger charge is 2.52. The summed E-state index contributed by atoms with van der Waals surface area (Å²) < 4.78 is 14.9. The summed E-state index contributed by atoms with van der Waals surface area (Å²) >= 11 is 11.7. The number of hydrogen-bond acceptors (Lipinski definition) is 8. The number of halogens is 3. The standard InChI is InChI=1S/C16H15Cl2FN2O6/c17-8-3-2-7(14(21)15(23,24)16(25,26)27)12(19)11(8)13(22)6-1-4-10(20)9(18)5-6/h1-5,14,23-27H,20-21H2. The lowest BCUT2D eigenvalue weighted by atomic mass is 9.92. The number of nitrogen functional groups attached to an aromatic ring is 1. The van der Waals surface area contributed by atoms with Gasteiger partial charge in [0, 0.05) is 11.1 Å². The zero-order valence-corrected chi connectivity index (χ0v) is 14.9. The minimum atomic E-state index is -4.08. The Balaban J connectivity index is 2.58. The van der Waals surface area contributed by atoms with E-state index in [0.717, 1.165) is 12.1 Å². The van der Waals surface area contributed by atoms with Crippen molar-refractivity contribution in [2.75, 3.05) is 5.73 Å². The minimum Gasteiger partial charge on any atom is -0.398 e. The van der Waals surface area contributed by atoms with Crippen LogP contribution in [-0.4, -0.2) is 43.1 Å². The highest BCUT2D eigenvalue weighted by Crippen LogP contribution is 2.34. The van der Waals surface area contributed by atoms with Crippen LogP contribution in [0.5, 0.6) is 0 Å². The van der Waals surface area contributed by atoms with Crippen LogP contribution < -0.4 is 11.5 Å². The van der Waals surface area contributed by atoms with Crippen LogP contribution in [-0.2, 0) is 0 Å². The van der Waals surface area contributed by atoms with Gasteiger partial charge in [-0.1, -0.05) is 29.3 Å². The first-order chi connectivity index (χ1) is 12.3. The summed E-state index contributed by atoms with van der Waals surface area (Å²) in [5, 5.41) is 46.1. The largest absolute Gasteiger partial charge is 0.398 e. The highest BCUT2D eigenvalue weighted by molar-refractivity contribution is 6.36. The Morgan fingerprint density at radius 1 is 1.04 bits per heavy atom. The van der Waals surface area contributed by atoms with Crippen LogP contribution in [0, 0.1) is 5.82 Å². The van der Waals surface area contributed by atoms with E-state index in [1.54, 1.807) is 0 Å². The van der Waals surface area contributed by atoms with Crippen molar-refractivity contribution >= 4 is 34.7 Å². The van der Waals surface area contributed by atoms with Gasteiger partial charge < -0.3 is 37.0 Å². The molecule has 0 aliphatic rings. The molecule has 9 N–H and O–H groups in total. The van der Waals surface area contributed by atoms with Crippen LogP contribution in [0.4, 0.5) is 10.1 Å². The molecule has 2 aromatic rings. The molecule has 0 saturated carbocycles. The Morgan fingerprint density at radius 2 is 1.63 bits per heavy atom. The molecule has 146 valence electrons. The number of hydrogen-bond donors (Lipinski definition) is 7. The number of aliphatic hydroxyl groups is 5. The summed E-state index contributed by atoms with van der Waals surface area (Å²) in [6.07, 6.45) is 0. The van der Waals surface area contributed by atoms with E-state index in [0.29, 0.717) is 0 Å². The number of carbonyl (C=O) groups is 1. The first kappa shape index (κ1) is 21.5. The van der Waals surface area contributed by atoms with Crippen LogP contribution in [0.1, 0.15) is 27.5 Å². The zero-order chi connectivity index (χ0) is 20.7. The fraction of sp³-hybridized carbons (Fsp3) is 0.188. The molecular formula is C16H15Cl2FN2O6. The third-order valence-electron chi connectivity index (χ3n) is 3.87. The Hall–Kier alpha value is -1.82. The minimum absolute atomic E-state index is 0.0422. The average Bonchev–Trinajstić information content (AvgIpc) is 2.55. The second-order valence-corrected chi connectivity index (χ2v) is 6.54. The maximum Gasteiger partial charge on any atom is 0.334 e. The summed E-state index contributed by atoms with van der Waals surface area (Å²) in [7, 11) is 0. The Kier molecular flexibility index (Phi) is 5.81. The van der Waals surface area contributed by atoms with Gasteiger partial charge in [0.1, 0.15) is 5.82 Å². The molecular weight excluding hydrogens is 406 g/mol. The second kappa shape index (κ2) is 7.30. The quantitative estimate of drug-likeness (QED) is 0.205. The molecule has 0 spiro atoms. The molecule has 0 aliphatic heterocycles. The lowest BCUT2D eigenvalue weighted by Crippen LogP contribution is -2.60. The van der Waals surface area contributed by atoms with Gasteiger partial charge in [0.05, 0.1) is 27.3 Å². The van der Waals surface area contributed by atoms with Gasteiger partial charge in [-0.05, 0) is 24.3 Å². The zero-order valence-electron chi connectivity index (χ0n) is 13.4. The van der Waals surface area contributed by atoms with E-state index in [1.807, 2.05) is 0 Å². The fourth-order valence-corrected chi connectivity index (χ4v) is 2.67. The molecule has 0 saturated heterocycles. The molecule has 1 unspecified atom stereocenters. The van der Waals surface area contributed by atoms with Crippen LogP contribution in [0.2, 0.25) is 10.0 Å². The smallest absolute Gasteiger partial charge is 0.334 e. The first-order valence-electron chi connectivity index (χ1n) is 7.24. The molecule has 2 rings (SSSR count). The van der Waals surface area contributed by atoms with Crippen molar-refractivity contribution in [2.45, 2.75) is 17.8 Å². The van der Waals surface area contributed by atoms with Crippen LogP contribution in [0.3, 0.4) is 0 Å². The molecule has 2 aromatic carbocycles. The molecule has 8 nitrogen and oxygen atoms in total. The number of nitrogens with two attached hydrogens (primary N) is 2. The molecule has 1 atom stereocenters. The molecule has 11 heteroatoms. The SMILES string of the molecule is Nc1ccc(C(=O)c2c(Cl)ccc(C(N)C(O)(O)C(O)(O)O)c2F)cc1Cl. The van der Waals surface area contributed by atoms with Gasteiger partial charge in [0.25, 0.3) is 5.79 Å². The molecule has 0 bridgehead atoms. The van der Waals surface area contributed by atoms with Crippen molar-refractivity contribution < 1.29 is 34.7 Å². The second-order valence-electron chi connectivity index (χ2n) is 5.73. The molecule has 0 aromatic heterocycles. The predicted molar refractivity (Wildman–Crippen MR) is 94.2 cm³/mol. The molecule has 27 heavy (non-hydrogen) atoms. The van der Waals surface area contributed by atoms with Crippen LogP contribution in [0.25, 0.3) is 0 Å².